The molecule has 0 radical (unpaired) electrons. The van der Waals surface area contributed by atoms with Crippen molar-refractivity contribution < 1.29 is 26.7 Å². The molecule has 0 atom stereocenters. The average Bonchev–Trinajstić information content (AvgIpc) is 2.41. The highest BCUT2D eigenvalue weighted by Crippen LogP contribution is 2.12. The number of methoxy groups -OCH3 is 1. The maximum atomic E-state index is 11.6. The molecule has 0 aliphatic heterocycles. The fourth-order valence-corrected chi connectivity index (χ4v) is 1.71. The molecule has 1 rings (SSSR count). The van der Waals surface area contributed by atoms with E-state index in [0.717, 1.165) is 18.7 Å². The van der Waals surface area contributed by atoms with Crippen LogP contribution in [-0.4, -0.2) is 38.3 Å². The van der Waals surface area contributed by atoms with E-state index in [9.17, 15) is 4.79 Å². The normalized spacial score (nSPS) is 10.7. The fourth-order valence-electron chi connectivity index (χ4n) is 1.71. The predicted molar refractivity (Wildman–Crippen MR) is 83.4 cm³/mol. The van der Waals surface area contributed by atoms with Gasteiger partial charge in [-0.1, -0.05) is 12.1 Å². The number of benzene rings is 1. The zero-order valence-corrected chi connectivity index (χ0v) is 14.5. The minimum atomic E-state index is -0.238. The third kappa shape index (κ3) is 9.60. The minimum absolute atomic E-state index is 0. The van der Waals surface area contributed by atoms with Crippen molar-refractivity contribution >= 4 is 5.91 Å². The highest BCUT2D eigenvalue weighted by molar-refractivity contribution is 5.78. The maximum Gasteiger partial charge on any atom is 0.258 e. The van der Waals surface area contributed by atoms with Crippen molar-refractivity contribution in [1.29, 1.82) is 0 Å². The summed E-state index contributed by atoms with van der Waals surface area (Å²) in [4.78, 5) is 11.6. The van der Waals surface area contributed by atoms with E-state index in [2.05, 4.69) is 10.6 Å². The zero-order valence-electron chi connectivity index (χ0n) is 13.7. The fraction of sp³-hybridized carbons (Fsp3) is 0.562. The van der Waals surface area contributed by atoms with Crippen molar-refractivity contribution in [3.63, 3.8) is 0 Å². The molecular formula is C16H26ClN2O3-. The van der Waals surface area contributed by atoms with E-state index >= 15 is 0 Å². The van der Waals surface area contributed by atoms with Gasteiger partial charge in [0.1, 0.15) is 5.75 Å². The Morgan fingerprint density at radius 3 is 2.36 bits per heavy atom. The molecule has 0 aliphatic carbocycles. The van der Waals surface area contributed by atoms with Crippen molar-refractivity contribution in [2.75, 3.05) is 26.9 Å². The summed E-state index contributed by atoms with van der Waals surface area (Å²) in [6.07, 6.45) is 0. The molecular weight excluding hydrogens is 304 g/mol. The zero-order chi connectivity index (χ0) is 15.7. The molecule has 0 aromatic heterocycles. The number of rotatable bonds is 8. The van der Waals surface area contributed by atoms with Crippen molar-refractivity contribution in [3.05, 3.63) is 29.8 Å². The SMILES string of the molecule is COCCNCc1ccc(OCC(=O)NC(C)(C)C)cc1.[Cl-]. The standard InChI is InChI=1S/C16H26N2O3.ClH/c1-16(2,3)18-15(19)12-21-14-7-5-13(6-8-14)11-17-9-10-20-4;/h5-8,17H,9-12H2,1-4H3,(H,18,19);1H/p-1. The van der Waals surface area contributed by atoms with Crippen molar-refractivity contribution in [2.45, 2.75) is 32.9 Å². The van der Waals surface area contributed by atoms with Gasteiger partial charge in [0.25, 0.3) is 5.91 Å². The quantitative estimate of drug-likeness (QED) is 0.583. The number of hydrogen-bond acceptors (Lipinski definition) is 4. The largest absolute Gasteiger partial charge is 1.00 e. The van der Waals surface area contributed by atoms with Crippen LogP contribution >= 0.6 is 0 Å². The van der Waals surface area contributed by atoms with E-state index in [1.54, 1.807) is 7.11 Å². The number of carbonyl (C=O) groups excluding carboxylic acids is 1. The lowest BCUT2D eigenvalue weighted by Crippen LogP contribution is -3.00. The summed E-state index contributed by atoms with van der Waals surface area (Å²) >= 11 is 0. The van der Waals surface area contributed by atoms with Crippen LogP contribution in [0, 0.1) is 0 Å². The Labute approximate surface area is 139 Å². The summed E-state index contributed by atoms with van der Waals surface area (Å²) in [6, 6.07) is 7.71. The Morgan fingerprint density at radius 2 is 1.82 bits per heavy atom. The van der Waals surface area contributed by atoms with E-state index in [4.69, 9.17) is 9.47 Å². The van der Waals surface area contributed by atoms with Gasteiger partial charge in [-0.25, -0.2) is 0 Å². The van der Waals surface area contributed by atoms with Crippen LogP contribution in [0.3, 0.4) is 0 Å². The minimum Gasteiger partial charge on any atom is -1.00 e. The van der Waals surface area contributed by atoms with Gasteiger partial charge in [0.05, 0.1) is 6.61 Å². The molecule has 0 saturated carbocycles. The molecule has 0 bridgehead atoms. The predicted octanol–water partition coefficient (Wildman–Crippen LogP) is -1.28. The van der Waals surface area contributed by atoms with Gasteiger partial charge >= 0.3 is 0 Å². The van der Waals surface area contributed by atoms with Crippen molar-refractivity contribution in [2.24, 2.45) is 0 Å². The lowest BCUT2D eigenvalue weighted by atomic mass is 10.1. The molecule has 2 N–H and O–H groups in total. The number of halogens is 1. The molecule has 5 nitrogen and oxygen atoms in total. The van der Waals surface area contributed by atoms with Gasteiger partial charge in [0, 0.05) is 25.7 Å². The Hall–Kier alpha value is -1.30. The number of ether oxygens (including phenoxy) is 2. The molecule has 0 saturated heterocycles. The first-order valence-electron chi connectivity index (χ1n) is 7.13. The Bertz CT molecular complexity index is 430. The maximum absolute atomic E-state index is 11.6. The van der Waals surface area contributed by atoms with Crippen LogP contribution < -0.4 is 27.8 Å². The number of amides is 1. The summed E-state index contributed by atoms with van der Waals surface area (Å²) < 4.78 is 10.4. The topological polar surface area (TPSA) is 59.6 Å². The third-order valence-corrected chi connectivity index (χ3v) is 2.62. The molecule has 126 valence electrons. The molecule has 6 heteroatoms. The van der Waals surface area contributed by atoms with Gasteiger partial charge in [-0.05, 0) is 38.5 Å². The number of hydrogen-bond donors (Lipinski definition) is 2. The molecule has 0 aliphatic rings. The van der Waals surface area contributed by atoms with Crippen LogP contribution in [0.5, 0.6) is 5.75 Å². The van der Waals surface area contributed by atoms with Crippen molar-refractivity contribution in [1.82, 2.24) is 10.6 Å². The highest BCUT2D eigenvalue weighted by Gasteiger charge is 2.13. The second-order valence-corrected chi connectivity index (χ2v) is 5.90. The van der Waals surface area contributed by atoms with Gasteiger partial charge in [-0.3, -0.25) is 4.79 Å². The Kier molecular flexibility index (Phi) is 9.81. The van der Waals surface area contributed by atoms with E-state index in [0.29, 0.717) is 12.4 Å². The summed E-state index contributed by atoms with van der Waals surface area (Å²) in [5, 5.41) is 6.12. The van der Waals surface area contributed by atoms with E-state index in [-0.39, 0.29) is 30.5 Å². The molecule has 0 fully saturated rings. The lowest BCUT2D eigenvalue weighted by molar-refractivity contribution is -0.124. The molecule has 1 aromatic rings. The molecule has 0 heterocycles. The van der Waals surface area contributed by atoms with Crippen LogP contribution in [0.4, 0.5) is 0 Å². The smallest absolute Gasteiger partial charge is 0.258 e. The molecule has 1 amide bonds. The van der Waals surface area contributed by atoms with Crippen molar-refractivity contribution in [3.8, 4) is 5.75 Å². The lowest BCUT2D eigenvalue weighted by Gasteiger charge is -2.20. The van der Waals surface area contributed by atoms with E-state index < -0.39 is 0 Å². The van der Waals surface area contributed by atoms with Crippen LogP contribution in [-0.2, 0) is 16.1 Å². The number of nitrogens with one attached hydrogen (secondary N) is 2. The monoisotopic (exact) mass is 329 g/mol. The first-order valence-corrected chi connectivity index (χ1v) is 7.13. The van der Waals surface area contributed by atoms with Crippen LogP contribution in [0.1, 0.15) is 26.3 Å². The van der Waals surface area contributed by atoms with Gasteiger partial charge in [-0.2, -0.15) is 0 Å². The average molecular weight is 330 g/mol. The van der Waals surface area contributed by atoms with Gasteiger partial charge in [0.15, 0.2) is 6.61 Å². The molecule has 22 heavy (non-hydrogen) atoms. The first kappa shape index (κ1) is 20.7. The van der Waals surface area contributed by atoms with E-state index in [1.165, 1.54) is 0 Å². The summed E-state index contributed by atoms with van der Waals surface area (Å²) in [7, 11) is 1.68. The molecule has 0 spiro atoms. The van der Waals surface area contributed by atoms with Gasteiger partial charge in [-0.15, -0.1) is 0 Å². The molecule has 1 aromatic carbocycles. The second-order valence-electron chi connectivity index (χ2n) is 5.90. The summed E-state index contributed by atoms with van der Waals surface area (Å²) in [5.41, 5.74) is 0.927. The summed E-state index contributed by atoms with van der Waals surface area (Å²) in [5.74, 6) is 0.576. The highest BCUT2D eigenvalue weighted by atomic mass is 35.5. The van der Waals surface area contributed by atoms with Crippen LogP contribution in [0.25, 0.3) is 0 Å². The first-order chi connectivity index (χ1) is 9.90. The van der Waals surface area contributed by atoms with E-state index in [1.807, 2.05) is 45.0 Å². The third-order valence-electron chi connectivity index (χ3n) is 2.62. The molecule has 0 unspecified atom stereocenters. The van der Waals surface area contributed by atoms with Gasteiger partial charge in [0.2, 0.25) is 0 Å². The van der Waals surface area contributed by atoms with Gasteiger partial charge < -0.3 is 32.5 Å². The summed E-state index contributed by atoms with van der Waals surface area (Å²) in [6.45, 7) is 8.16. The Balaban J connectivity index is 0.00000441. The van der Waals surface area contributed by atoms with Crippen LogP contribution in [0.15, 0.2) is 24.3 Å². The second kappa shape index (κ2) is 10.4. The Morgan fingerprint density at radius 1 is 1.18 bits per heavy atom. The van der Waals surface area contributed by atoms with Crippen LogP contribution in [0.2, 0.25) is 0 Å². The number of carbonyl (C=O) groups is 1.